The summed E-state index contributed by atoms with van der Waals surface area (Å²) in [6, 6.07) is 3.77. The van der Waals surface area contributed by atoms with Crippen LogP contribution in [0.3, 0.4) is 0 Å². The van der Waals surface area contributed by atoms with Crippen molar-refractivity contribution in [3.05, 3.63) is 36.3 Å². The second kappa shape index (κ2) is 10.7. The molecule has 3 aromatic rings. The number of sulfone groups is 1. The highest BCUT2D eigenvalue weighted by Crippen LogP contribution is 2.38. The molecule has 10 nitrogen and oxygen atoms in total. The Morgan fingerprint density at radius 3 is 2.62 bits per heavy atom. The quantitative estimate of drug-likeness (QED) is 0.412. The first-order valence-electron chi connectivity index (χ1n) is 13.9. The van der Waals surface area contributed by atoms with Gasteiger partial charge in [0.25, 0.3) is 0 Å². The molecule has 5 heterocycles. The zero-order valence-corrected chi connectivity index (χ0v) is 24.5. The van der Waals surface area contributed by atoms with Crippen LogP contribution in [0.4, 0.5) is 27.8 Å². The Kier molecular flexibility index (Phi) is 7.60. The highest BCUT2D eigenvalue weighted by molar-refractivity contribution is 7.91. The summed E-state index contributed by atoms with van der Waals surface area (Å²) in [6.07, 6.45) is 4.23. The van der Waals surface area contributed by atoms with Gasteiger partial charge in [-0.25, -0.2) is 27.8 Å². The zero-order chi connectivity index (χ0) is 28.8. The van der Waals surface area contributed by atoms with Gasteiger partial charge in [-0.1, -0.05) is 20.8 Å². The first kappa shape index (κ1) is 28.4. The predicted octanol–water partition coefficient (Wildman–Crippen LogP) is 3.85. The SMILES string of the molecule is CCS(=O)(=O)C[C@H]1CN(c2ncc(C(C)C)c3cc(Nc4ccnc(N5CC[C@@](C)(O)[C@@H](F)C5)n4)ncc23)[C@@H]1C. The Balaban J connectivity index is 1.40. The molecular formula is C28H38FN7O3S. The van der Waals surface area contributed by atoms with Crippen LogP contribution in [-0.2, 0) is 9.84 Å². The number of hydrogen-bond acceptors (Lipinski definition) is 10. The maximum absolute atomic E-state index is 14.4. The standard InChI is InChI=1S/C28H38FN7O3S/c1-6-40(38,39)16-19-14-36(18(19)4)26-22-13-31-25(11-20(22)21(12-32-26)17(2)3)33-24-7-9-30-27(34-24)35-10-8-28(5,37)23(29)15-35/h7,9,11-13,17-19,23,37H,6,8,10,14-16H2,1-5H3,(H,30,31,33,34)/t18-,19-,23+,28-/m1/s1. The van der Waals surface area contributed by atoms with Gasteiger partial charge in [0.05, 0.1) is 17.9 Å². The third kappa shape index (κ3) is 5.56. The maximum atomic E-state index is 14.4. The van der Waals surface area contributed by atoms with Crippen molar-refractivity contribution in [1.29, 1.82) is 0 Å². The molecule has 2 aliphatic rings. The molecule has 2 N–H and O–H groups in total. The number of aromatic nitrogens is 4. The molecule has 0 amide bonds. The Labute approximate surface area is 235 Å². The van der Waals surface area contributed by atoms with Gasteiger partial charge in [0.1, 0.15) is 33.5 Å². The number of nitrogens with zero attached hydrogens (tertiary/aromatic N) is 6. The lowest BCUT2D eigenvalue weighted by Crippen LogP contribution is -2.57. The van der Waals surface area contributed by atoms with Crippen LogP contribution in [0.5, 0.6) is 0 Å². The lowest BCUT2D eigenvalue weighted by Gasteiger charge is -2.47. The van der Waals surface area contributed by atoms with Crippen LogP contribution in [0.25, 0.3) is 10.8 Å². The van der Waals surface area contributed by atoms with E-state index in [1.807, 2.05) is 19.2 Å². The van der Waals surface area contributed by atoms with Crippen LogP contribution in [0, 0.1) is 5.92 Å². The van der Waals surface area contributed by atoms with Gasteiger partial charge in [0, 0.05) is 54.8 Å². The molecule has 0 spiro atoms. The number of aliphatic hydroxyl groups is 1. The highest BCUT2D eigenvalue weighted by atomic mass is 32.2. The van der Waals surface area contributed by atoms with Gasteiger partial charge in [-0.15, -0.1) is 0 Å². The van der Waals surface area contributed by atoms with E-state index in [4.69, 9.17) is 4.98 Å². The van der Waals surface area contributed by atoms with Gasteiger partial charge in [-0.3, -0.25) is 0 Å². The fourth-order valence-electron chi connectivity index (χ4n) is 5.39. The molecule has 2 fully saturated rings. The molecule has 2 aliphatic heterocycles. The molecule has 2 saturated heterocycles. The normalized spacial score (nSPS) is 25.4. The number of pyridine rings is 2. The minimum absolute atomic E-state index is 0.0261. The lowest BCUT2D eigenvalue weighted by atomic mass is 9.90. The van der Waals surface area contributed by atoms with Crippen molar-refractivity contribution < 1.29 is 17.9 Å². The Morgan fingerprint density at radius 2 is 1.95 bits per heavy atom. The second-order valence-electron chi connectivity index (χ2n) is 11.5. The summed E-state index contributed by atoms with van der Waals surface area (Å²) in [4.78, 5) is 22.2. The number of fused-ring (bicyclic) bond motifs is 1. The third-order valence-electron chi connectivity index (χ3n) is 8.31. The molecule has 0 aromatic carbocycles. The van der Waals surface area contributed by atoms with Gasteiger partial charge < -0.3 is 20.2 Å². The van der Waals surface area contributed by atoms with Gasteiger partial charge in [0.2, 0.25) is 5.95 Å². The number of hydrogen-bond donors (Lipinski definition) is 2. The third-order valence-corrected chi connectivity index (χ3v) is 10.1. The van der Waals surface area contributed by atoms with E-state index in [2.05, 4.69) is 39.0 Å². The average Bonchev–Trinajstić information content (AvgIpc) is 2.91. The number of halogens is 1. The first-order chi connectivity index (χ1) is 18.9. The van der Waals surface area contributed by atoms with Gasteiger partial charge in [-0.05, 0) is 49.3 Å². The van der Waals surface area contributed by atoms with Crippen LogP contribution in [0.2, 0.25) is 0 Å². The minimum Gasteiger partial charge on any atom is -0.387 e. The zero-order valence-electron chi connectivity index (χ0n) is 23.7. The number of anilines is 4. The number of rotatable bonds is 8. The smallest absolute Gasteiger partial charge is 0.227 e. The van der Waals surface area contributed by atoms with E-state index in [9.17, 15) is 17.9 Å². The molecule has 0 unspecified atom stereocenters. The number of alkyl halides is 1. The number of piperidine rings is 1. The summed E-state index contributed by atoms with van der Waals surface area (Å²) in [5.74, 6) is 2.99. The van der Waals surface area contributed by atoms with Gasteiger partial charge in [-0.2, -0.15) is 4.98 Å². The van der Waals surface area contributed by atoms with Crippen molar-refractivity contribution in [3.8, 4) is 0 Å². The topological polar surface area (TPSA) is 124 Å². The molecule has 3 aromatic heterocycles. The van der Waals surface area contributed by atoms with Crippen molar-refractivity contribution in [1.82, 2.24) is 19.9 Å². The lowest BCUT2D eigenvalue weighted by molar-refractivity contribution is -0.0332. The summed E-state index contributed by atoms with van der Waals surface area (Å²) in [6.45, 7) is 10.6. The largest absolute Gasteiger partial charge is 0.387 e. The van der Waals surface area contributed by atoms with E-state index in [-0.39, 0.29) is 35.9 Å². The van der Waals surface area contributed by atoms with Gasteiger partial charge in [0.15, 0.2) is 0 Å². The monoisotopic (exact) mass is 571 g/mol. The average molecular weight is 572 g/mol. The molecule has 0 radical (unpaired) electrons. The Morgan fingerprint density at radius 1 is 1.18 bits per heavy atom. The predicted molar refractivity (Wildman–Crippen MR) is 156 cm³/mol. The maximum Gasteiger partial charge on any atom is 0.227 e. The molecule has 0 aliphatic carbocycles. The molecule has 5 rings (SSSR count). The van der Waals surface area contributed by atoms with Gasteiger partial charge >= 0.3 is 0 Å². The Hall–Kier alpha value is -3.12. The van der Waals surface area contributed by atoms with Crippen LogP contribution in [0.1, 0.15) is 52.5 Å². The molecule has 12 heteroatoms. The minimum atomic E-state index is -3.04. The summed E-state index contributed by atoms with van der Waals surface area (Å²) >= 11 is 0. The Bertz CT molecular complexity index is 1500. The number of nitrogens with one attached hydrogen (secondary N) is 1. The molecule has 216 valence electrons. The van der Waals surface area contributed by atoms with E-state index in [1.54, 1.807) is 30.3 Å². The van der Waals surface area contributed by atoms with Crippen molar-refractivity contribution in [2.75, 3.05) is 46.3 Å². The van der Waals surface area contributed by atoms with Crippen LogP contribution in [-0.4, -0.2) is 82.4 Å². The fraction of sp³-hybridized carbons (Fsp3) is 0.571. The van der Waals surface area contributed by atoms with E-state index >= 15 is 0 Å². The van der Waals surface area contributed by atoms with Crippen molar-refractivity contribution >= 4 is 44.0 Å². The molecular weight excluding hydrogens is 533 g/mol. The van der Waals surface area contributed by atoms with E-state index in [0.717, 1.165) is 22.2 Å². The molecule has 0 saturated carbocycles. The van der Waals surface area contributed by atoms with Crippen molar-refractivity contribution in [2.24, 2.45) is 5.92 Å². The summed E-state index contributed by atoms with van der Waals surface area (Å²) in [7, 11) is -3.04. The van der Waals surface area contributed by atoms with E-state index in [1.165, 1.54) is 6.92 Å². The van der Waals surface area contributed by atoms with Crippen molar-refractivity contribution in [3.63, 3.8) is 0 Å². The van der Waals surface area contributed by atoms with Crippen LogP contribution in [0.15, 0.2) is 30.7 Å². The molecule has 40 heavy (non-hydrogen) atoms. The van der Waals surface area contributed by atoms with Crippen molar-refractivity contribution in [2.45, 2.75) is 64.8 Å². The molecule has 4 atom stereocenters. The first-order valence-corrected chi connectivity index (χ1v) is 15.7. The summed E-state index contributed by atoms with van der Waals surface area (Å²) in [5, 5.41) is 15.4. The van der Waals surface area contributed by atoms with Crippen LogP contribution >= 0.6 is 0 Å². The summed E-state index contributed by atoms with van der Waals surface area (Å²) < 4.78 is 38.8. The summed E-state index contributed by atoms with van der Waals surface area (Å²) in [5.41, 5.74) is -0.259. The highest BCUT2D eigenvalue weighted by Gasteiger charge is 2.40. The second-order valence-corrected chi connectivity index (χ2v) is 13.9. The molecule has 0 bridgehead atoms. The fourth-order valence-corrected chi connectivity index (χ4v) is 6.66. The van der Waals surface area contributed by atoms with E-state index in [0.29, 0.717) is 37.1 Å². The van der Waals surface area contributed by atoms with E-state index < -0.39 is 21.6 Å². The van der Waals surface area contributed by atoms with Crippen LogP contribution < -0.4 is 15.1 Å².